The number of alkyl halides is 1. The maximum absolute atomic E-state index is 10.8. The van der Waals surface area contributed by atoms with Crippen LogP contribution in [0.25, 0.3) is 0 Å². The zero-order valence-electron chi connectivity index (χ0n) is 8.07. The number of rotatable bonds is 3. The van der Waals surface area contributed by atoms with Crippen LogP contribution in [-0.4, -0.2) is 9.85 Å². The van der Waals surface area contributed by atoms with E-state index in [1.54, 1.807) is 6.92 Å². The van der Waals surface area contributed by atoms with Gasteiger partial charge in [0, 0.05) is 17.0 Å². The van der Waals surface area contributed by atoms with Crippen molar-refractivity contribution < 1.29 is 9.85 Å². The highest BCUT2D eigenvalue weighted by atomic mass is 79.9. The van der Waals surface area contributed by atoms with Gasteiger partial charge in [-0.3, -0.25) is 20.2 Å². The Morgan fingerprint density at radius 3 is 2.31 bits per heavy atom. The molecule has 6 nitrogen and oxygen atoms in total. The van der Waals surface area contributed by atoms with E-state index in [1.165, 1.54) is 6.07 Å². The first-order chi connectivity index (χ1) is 7.40. The molecule has 16 heavy (non-hydrogen) atoms. The molecule has 1 rings (SSSR count). The van der Waals surface area contributed by atoms with E-state index < -0.39 is 26.2 Å². The minimum Gasteiger partial charge on any atom is -0.258 e. The van der Waals surface area contributed by atoms with E-state index in [0.717, 1.165) is 0 Å². The van der Waals surface area contributed by atoms with Gasteiger partial charge in [0.25, 0.3) is 11.4 Å². The summed E-state index contributed by atoms with van der Waals surface area (Å²) in [5.74, 6) is 0. The zero-order chi connectivity index (χ0) is 12.5. The van der Waals surface area contributed by atoms with E-state index >= 15 is 0 Å². The minimum absolute atomic E-state index is 0.215. The van der Waals surface area contributed by atoms with Crippen molar-refractivity contribution in [1.29, 1.82) is 0 Å². The van der Waals surface area contributed by atoms with E-state index in [0.29, 0.717) is 11.1 Å². The normalized spacial score (nSPS) is 10.2. The molecule has 0 fully saturated rings. The van der Waals surface area contributed by atoms with Crippen LogP contribution in [0.1, 0.15) is 11.1 Å². The van der Waals surface area contributed by atoms with Crippen LogP contribution in [0.3, 0.4) is 0 Å². The lowest BCUT2D eigenvalue weighted by molar-refractivity contribution is -0.394. The molecule has 8 heteroatoms. The smallest absolute Gasteiger partial charge is 0.258 e. The number of benzene rings is 1. The SMILES string of the molecule is Cc1cc([N+](=O)[O-])c(Cl)c([N+](=O)[O-])c1CBr. The maximum atomic E-state index is 10.8. The second-order valence-electron chi connectivity index (χ2n) is 3.00. The van der Waals surface area contributed by atoms with Crippen LogP contribution in [0.4, 0.5) is 11.4 Å². The number of nitro groups is 2. The van der Waals surface area contributed by atoms with Gasteiger partial charge in [0.2, 0.25) is 0 Å². The van der Waals surface area contributed by atoms with E-state index in [-0.39, 0.29) is 5.33 Å². The summed E-state index contributed by atoms with van der Waals surface area (Å²) in [5, 5.41) is 21.2. The van der Waals surface area contributed by atoms with E-state index in [2.05, 4.69) is 15.9 Å². The molecule has 0 spiro atoms. The fourth-order valence-electron chi connectivity index (χ4n) is 1.29. The highest BCUT2D eigenvalue weighted by molar-refractivity contribution is 9.08. The van der Waals surface area contributed by atoms with Crippen molar-refractivity contribution in [2.75, 3.05) is 0 Å². The van der Waals surface area contributed by atoms with Crippen molar-refractivity contribution in [3.8, 4) is 0 Å². The summed E-state index contributed by atoms with van der Waals surface area (Å²) in [6.45, 7) is 1.56. The first-order valence-corrected chi connectivity index (χ1v) is 5.56. The predicted octanol–water partition coefficient (Wildman–Crippen LogP) is 3.36. The van der Waals surface area contributed by atoms with Crippen molar-refractivity contribution in [3.05, 3.63) is 42.4 Å². The first kappa shape index (κ1) is 12.9. The number of nitrogens with zero attached hydrogens (tertiary/aromatic N) is 2. The number of aryl methyl sites for hydroxylation is 1. The Bertz CT molecular complexity index is 478. The Labute approximate surface area is 104 Å². The lowest BCUT2D eigenvalue weighted by atomic mass is 10.1. The summed E-state index contributed by atoms with van der Waals surface area (Å²) >= 11 is 8.74. The quantitative estimate of drug-likeness (QED) is 0.486. The molecule has 0 saturated heterocycles. The number of hydrogen-bond donors (Lipinski definition) is 0. The average Bonchev–Trinajstić information content (AvgIpc) is 2.19. The third-order valence-electron chi connectivity index (χ3n) is 2.06. The molecular formula is C8H6BrClN2O4. The fraction of sp³-hybridized carbons (Fsp3) is 0.250. The molecule has 0 aliphatic carbocycles. The molecule has 0 N–H and O–H groups in total. The van der Waals surface area contributed by atoms with Crippen molar-refractivity contribution >= 4 is 38.9 Å². The lowest BCUT2D eigenvalue weighted by Crippen LogP contribution is -2.01. The second kappa shape index (κ2) is 4.75. The Morgan fingerprint density at radius 1 is 1.38 bits per heavy atom. The monoisotopic (exact) mass is 308 g/mol. The van der Waals surface area contributed by atoms with Gasteiger partial charge in [0.1, 0.15) is 0 Å². The molecule has 0 atom stereocenters. The van der Waals surface area contributed by atoms with Gasteiger partial charge in [-0.2, -0.15) is 0 Å². The average molecular weight is 310 g/mol. The third-order valence-corrected chi connectivity index (χ3v) is 2.99. The summed E-state index contributed by atoms with van der Waals surface area (Å²) in [4.78, 5) is 20.0. The topological polar surface area (TPSA) is 86.3 Å². The Morgan fingerprint density at radius 2 is 1.94 bits per heavy atom. The molecule has 0 saturated carbocycles. The Hall–Kier alpha value is -1.21. The van der Waals surface area contributed by atoms with Crippen LogP contribution >= 0.6 is 27.5 Å². The van der Waals surface area contributed by atoms with Gasteiger partial charge in [0.15, 0.2) is 5.02 Å². The van der Waals surface area contributed by atoms with Gasteiger partial charge in [-0.15, -0.1) is 0 Å². The molecule has 0 bridgehead atoms. The number of nitro benzene ring substituents is 2. The van der Waals surface area contributed by atoms with E-state index in [9.17, 15) is 20.2 Å². The maximum Gasteiger partial charge on any atom is 0.299 e. The van der Waals surface area contributed by atoms with Crippen molar-refractivity contribution in [2.45, 2.75) is 12.3 Å². The summed E-state index contributed by atoms with van der Waals surface area (Å²) in [7, 11) is 0. The van der Waals surface area contributed by atoms with Crippen LogP contribution in [0.2, 0.25) is 5.02 Å². The Kier molecular flexibility index (Phi) is 3.82. The fourth-order valence-corrected chi connectivity index (χ4v) is 2.30. The third kappa shape index (κ3) is 2.14. The largest absolute Gasteiger partial charge is 0.299 e. The summed E-state index contributed by atoms with van der Waals surface area (Å²) in [6, 6.07) is 1.23. The Balaban J connectivity index is 3.65. The standard InChI is InChI=1S/C8H6BrClN2O4/c1-4-2-6(11(13)14)7(10)8(12(15)16)5(4)3-9/h2H,3H2,1H3. The highest BCUT2D eigenvalue weighted by Crippen LogP contribution is 2.39. The molecule has 0 amide bonds. The molecule has 0 aliphatic heterocycles. The van der Waals surface area contributed by atoms with Crippen LogP contribution in [0.5, 0.6) is 0 Å². The minimum atomic E-state index is -0.736. The number of halogens is 2. The zero-order valence-corrected chi connectivity index (χ0v) is 10.4. The number of hydrogen-bond acceptors (Lipinski definition) is 4. The van der Waals surface area contributed by atoms with Crippen molar-refractivity contribution in [2.24, 2.45) is 0 Å². The summed E-state index contributed by atoms with van der Waals surface area (Å²) < 4.78 is 0. The second-order valence-corrected chi connectivity index (χ2v) is 3.94. The molecule has 0 unspecified atom stereocenters. The molecule has 0 radical (unpaired) electrons. The lowest BCUT2D eigenvalue weighted by Gasteiger charge is -2.05. The highest BCUT2D eigenvalue weighted by Gasteiger charge is 2.28. The molecule has 0 heterocycles. The van der Waals surface area contributed by atoms with Crippen LogP contribution < -0.4 is 0 Å². The van der Waals surface area contributed by atoms with Crippen LogP contribution in [0, 0.1) is 27.2 Å². The molecule has 0 aliphatic rings. The van der Waals surface area contributed by atoms with Gasteiger partial charge in [-0.1, -0.05) is 27.5 Å². The van der Waals surface area contributed by atoms with Crippen LogP contribution in [0.15, 0.2) is 6.07 Å². The first-order valence-electron chi connectivity index (χ1n) is 4.06. The van der Waals surface area contributed by atoms with E-state index in [4.69, 9.17) is 11.6 Å². The van der Waals surface area contributed by atoms with E-state index in [1.807, 2.05) is 0 Å². The molecule has 1 aromatic rings. The summed E-state index contributed by atoms with van der Waals surface area (Å²) in [6.07, 6.45) is 0. The van der Waals surface area contributed by atoms with Crippen LogP contribution in [-0.2, 0) is 5.33 Å². The molecule has 0 aromatic heterocycles. The molecule has 86 valence electrons. The molecular weight excluding hydrogens is 303 g/mol. The van der Waals surface area contributed by atoms with Gasteiger partial charge in [-0.25, -0.2) is 0 Å². The van der Waals surface area contributed by atoms with Gasteiger partial charge in [-0.05, 0) is 12.5 Å². The van der Waals surface area contributed by atoms with Gasteiger partial charge < -0.3 is 0 Å². The summed E-state index contributed by atoms with van der Waals surface area (Å²) in [5.41, 5.74) is -0.0546. The predicted molar refractivity (Wildman–Crippen MR) is 62.1 cm³/mol. The van der Waals surface area contributed by atoms with Gasteiger partial charge >= 0.3 is 0 Å². The van der Waals surface area contributed by atoms with Gasteiger partial charge in [0.05, 0.1) is 9.85 Å². The van der Waals surface area contributed by atoms with Crippen molar-refractivity contribution in [3.63, 3.8) is 0 Å². The molecule has 1 aromatic carbocycles. The van der Waals surface area contributed by atoms with Crippen molar-refractivity contribution in [1.82, 2.24) is 0 Å².